The Labute approximate surface area is 170 Å². The summed E-state index contributed by atoms with van der Waals surface area (Å²) in [4.78, 5) is 18.7. The van der Waals surface area contributed by atoms with Gasteiger partial charge in [0.15, 0.2) is 5.82 Å². The fourth-order valence-electron chi connectivity index (χ4n) is 2.82. The van der Waals surface area contributed by atoms with Gasteiger partial charge in [-0.3, -0.25) is 9.89 Å². The van der Waals surface area contributed by atoms with Crippen LogP contribution in [0.25, 0.3) is 11.4 Å². The predicted molar refractivity (Wildman–Crippen MR) is 114 cm³/mol. The summed E-state index contributed by atoms with van der Waals surface area (Å²) in [6, 6.07) is 16.7. The minimum Gasteiger partial charge on any atom is -0.341 e. The molecule has 0 aliphatic heterocycles. The number of aromatic amines is 1. The van der Waals surface area contributed by atoms with Crippen LogP contribution in [0.1, 0.15) is 30.5 Å². The zero-order chi connectivity index (χ0) is 19.9. The topological polar surface area (TPSA) is 61.9 Å². The molecule has 0 saturated carbocycles. The Morgan fingerprint density at radius 3 is 2.14 bits per heavy atom. The first-order valence-electron chi connectivity index (χ1n) is 9.55. The molecular weight excluding hydrogens is 368 g/mol. The van der Waals surface area contributed by atoms with Crippen LogP contribution in [0.5, 0.6) is 0 Å². The summed E-state index contributed by atoms with van der Waals surface area (Å²) in [5.74, 6) is 1.10. The number of hydrogen-bond acceptors (Lipinski definition) is 4. The second-order valence-electron chi connectivity index (χ2n) is 6.73. The minimum absolute atomic E-state index is 0.0585. The summed E-state index contributed by atoms with van der Waals surface area (Å²) in [5.41, 5.74) is 4.72. The first kappa shape index (κ1) is 20.1. The van der Waals surface area contributed by atoms with Gasteiger partial charge in [-0.05, 0) is 29.5 Å². The molecular formula is C22H26N4OS. The van der Waals surface area contributed by atoms with Gasteiger partial charge in [0.1, 0.15) is 0 Å². The molecule has 1 N–H and O–H groups in total. The Hall–Kier alpha value is -2.60. The summed E-state index contributed by atoms with van der Waals surface area (Å²) < 4.78 is 0. The average Bonchev–Trinajstić information content (AvgIpc) is 3.21. The molecule has 2 aromatic carbocycles. The van der Waals surface area contributed by atoms with E-state index in [1.165, 1.54) is 22.9 Å². The van der Waals surface area contributed by atoms with E-state index in [2.05, 4.69) is 65.4 Å². The number of nitrogens with one attached hydrogen (secondary N) is 1. The maximum Gasteiger partial charge on any atom is 0.233 e. The molecule has 0 fully saturated rings. The SMILES string of the molecule is CCc1ccc(CN(C)C(=O)CSc2n[nH]c(-c3ccc(CC)cc3)n2)cc1. The van der Waals surface area contributed by atoms with Crippen molar-refractivity contribution in [3.8, 4) is 11.4 Å². The molecule has 6 heteroatoms. The van der Waals surface area contributed by atoms with E-state index in [1.807, 2.05) is 19.2 Å². The number of H-pyrrole nitrogens is 1. The van der Waals surface area contributed by atoms with Crippen LogP contribution in [0.2, 0.25) is 0 Å². The van der Waals surface area contributed by atoms with E-state index in [1.54, 1.807) is 4.90 Å². The molecule has 1 amide bonds. The molecule has 28 heavy (non-hydrogen) atoms. The van der Waals surface area contributed by atoms with E-state index in [9.17, 15) is 4.79 Å². The summed E-state index contributed by atoms with van der Waals surface area (Å²) in [6.07, 6.45) is 2.03. The molecule has 1 heterocycles. The Morgan fingerprint density at radius 1 is 0.964 bits per heavy atom. The van der Waals surface area contributed by atoms with Gasteiger partial charge in [-0.2, -0.15) is 0 Å². The first-order chi connectivity index (χ1) is 13.6. The van der Waals surface area contributed by atoms with Gasteiger partial charge in [0.25, 0.3) is 0 Å². The number of carbonyl (C=O) groups is 1. The largest absolute Gasteiger partial charge is 0.341 e. The third-order valence-corrected chi connectivity index (χ3v) is 5.53. The lowest BCUT2D eigenvalue weighted by molar-refractivity contribution is -0.127. The van der Waals surface area contributed by atoms with Crippen molar-refractivity contribution in [1.82, 2.24) is 20.1 Å². The highest BCUT2D eigenvalue weighted by Gasteiger charge is 2.13. The van der Waals surface area contributed by atoms with Crippen molar-refractivity contribution in [2.75, 3.05) is 12.8 Å². The fourth-order valence-corrected chi connectivity index (χ4v) is 3.56. The number of hydrogen-bond donors (Lipinski definition) is 1. The van der Waals surface area contributed by atoms with E-state index in [4.69, 9.17) is 0 Å². The number of aromatic nitrogens is 3. The van der Waals surface area contributed by atoms with E-state index >= 15 is 0 Å². The molecule has 0 aliphatic rings. The molecule has 1 aromatic heterocycles. The van der Waals surface area contributed by atoms with Crippen molar-refractivity contribution in [2.24, 2.45) is 0 Å². The van der Waals surface area contributed by atoms with Crippen molar-refractivity contribution >= 4 is 17.7 Å². The molecule has 5 nitrogen and oxygen atoms in total. The van der Waals surface area contributed by atoms with E-state index < -0.39 is 0 Å². The minimum atomic E-state index is 0.0585. The molecule has 146 valence electrons. The average molecular weight is 395 g/mol. The number of rotatable bonds is 8. The molecule has 0 atom stereocenters. The molecule has 0 unspecified atom stereocenters. The van der Waals surface area contributed by atoms with Gasteiger partial charge in [-0.1, -0.05) is 74.1 Å². The van der Waals surface area contributed by atoms with Crippen LogP contribution < -0.4 is 0 Å². The van der Waals surface area contributed by atoms with Crippen LogP contribution in [0, 0.1) is 0 Å². The van der Waals surface area contributed by atoms with Crippen LogP contribution in [0.15, 0.2) is 53.7 Å². The number of carbonyl (C=O) groups excluding carboxylic acids is 1. The second kappa shape index (κ2) is 9.55. The van der Waals surface area contributed by atoms with E-state index in [0.29, 0.717) is 17.5 Å². The molecule has 0 bridgehead atoms. The zero-order valence-electron chi connectivity index (χ0n) is 16.6. The van der Waals surface area contributed by atoms with Gasteiger partial charge in [-0.15, -0.1) is 5.10 Å². The zero-order valence-corrected chi connectivity index (χ0v) is 17.4. The van der Waals surface area contributed by atoms with Crippen LogP contribution in [0.3, 0.4) is 0 Å². The van der Waals surface area contributed by atoms with Crippen molar-refractivity contribution in [2.45, 2.75) is 38.4 Å². The van der Waals surface area contributed by atoms with Crippen molar-refractivity contribution < 1.29 is 4.79 Å². The Kier molecular flexibility index (Phi) is 6.87. The van der Waals surface area contributed by atoms with Crippen LogP contribution in [0.4, 0.5) is 0 Å². The smallest absolute Gasteiger partial charge is 0.233 e. The van der Waals surface area contributed by atoms with Gasteiger partial charge in [0.05, 0.1) is 5.75 Å². The highest BCUT2D eigenvalue weighted by Crippen LogP contribution is 2.20. The van der Waals surface area contributed by atoms with Crippen LogP contribution in [-0.2, 0) is 24.2 Å². The van der Waals surface area contributed by atoms with Gasteiger partial charge in [0.2, 0.25) is 11.1 Å². The highest BCUT2D eigenvalue weighted by atomic mass is 32.2. The summed E-state index contributed by atoms with van der Waals surface area (Å²) in [6.45, 7) is 4.87. The number of nitrogens with zero attached hydrogens (tertiary/aromatic N) is 3. The predicted octanol–water partition coefficient (Wildman–Crippen LogP) is 4.35. The Balaban J connectivity index is 1.52. The van der Waals surface area contributed by atoms with Gasteiger partial charge >= 0.3 is 0 Å². The van der Waals surface area contributed by atoms with E-state index in [-0.39, 0.29) is 5.91 Å². The first-order valence-corrected chi connectivity index (χ1v) is 10.5. The lowest BCUT2D eigenvalue weighted by Crippen LogP contribution is -2.27. The standard InChI is InChI=1S/C22H26N4OS/c1-4-16-6-8-18(9-7-16)14-26(3)20(27)15-28-22-23-21(24-25-22)19-12-10-17(5-2)11-13-19/h6-13H,4-5,14-15H2,1-3H3,(H,23,24,25). The highest BCUT2D eigenvalue weighted by molar-refractivity contribution is 7.99. The van der Waals surface area contributed by atoms with Gasteiger partial charge < -0.3 is 4.90 Å². The normalized spacial score (nSPS) is 10.8. The molecule has 3 aromatic rings. The van der Waals surface area contributed by atoms with Crippen molar-refractivity contribution in [1.29, 1.82) is 0 Å². The quantitative estimate of drug-likeness (QED) is 0.577. The third kappa shape index (κ3) is 5.23. The lowest BCUT2D eigenvalue weighted by atomic mass is 10.1. The molecule has 3 rings (SSSR count). The lowest BCUT2D eigenvalue weighted by Gasteiger charge is -2.17. The van der Waals surface area contributed by atoms with Crippen LogP contribution >= 0.6 is 11.8 Å². The maximum atomic E-state index is 12.4. The van der Waals surface area contributed by atoms with Crippen LogP contribution in [-0.4, -0.2) is 38.8 Å². The summed E-state index contributed by atoms with van der Waals surface area (Å²) in [7, 11) is 1.83. The Morgan fingerprint density at radius 2 is 1.54 bits per heavy atom. The Bertz CT molecular complexity index is 903. The van der Waals surface area contributed by atoms with Crippen molar-refractivity contribution in [3.63, 3.8) is 0 Å². The third-order valence-electron chi connectivity index (χ3n) is 4.70. The van der Waals surface area contributed by atoms with Gasteiger partial charge in [0, 0.05) is 19.2 Å². The number of thioether (sulfide) groups is 1. The monoisotopic (exact) mass is 394 g/mol. The fraction of sp³-hybridized carbons (Fsp3) is 0.318. The second-order valence-corrected chi connectivity index (χ2v) is 7.67. The molecule has 0 aliphatic carbocycles. The molecule has 0 radical (unpaired) electrons. The van der Waals surface area contributed by atoms with Crippen molar-refractivity contribution in [3.05, 3.63) is 65.2 Å². The summed E-state index contributed by atoms with van der Waals surface area (Å²) in [5, 5.41) is 7.77. The molecule has 0 spiro atoms. The van der Waals surface area contributed by atoms with Gasteiger partial charge in [-0.25, -0.2) is 4.98 Å². The molecule has 0 saturated heterocycles. The number of aryl methyl sites for hydroxylation is 2. The number of benzene rings is 2. The van der Waals surface area contributed by atoms with E-state index in [0.717, 1.165) is 29.8 Å². The number of amides is 1. The maximum absolute atomic E-state index is 12.4. The summed E-state index contributed by atoms with van der Waals surface area (Å²) >= 11 is 1.35.